The van der Waals surface area contributed by atoms with Gasteiger partial charge in [0.15, 0.2) is 0 Å². The van der Waals surface area contributed by atoms with E-state index in [1.54, 1.807) is 4.90 Å². The maximum atomic E-state index is 13.0. The molecule has 166 valence electrons. The molecule has 3 rings (SSSR count). The molecule has 2 saturated heterocycles. The number of nitrogens with zero attached hydrogens (tertiary/aromatic N) is 2. The Morgan fingerprint density at radius 1 is 1.10 bits per heavy atom. The molecule has 2 fully saturated rings. The number of carbonyl (C=O) groups is 2. The zero-order valence-electron chi connectivity index (χ0n) is 17.5. The van der Waals surface area contributed by atoms with Crippen molar-refractivity contribution in [1.82, 2.24) is 14.5 Å². The molecule has 1 aromatic rings. The van der Waals surface area contributed by atoms with Crippen LogP contribution in [0.15, 0.2) is 30.3 Å². The minimum atomic E-state index is -3.55. The van der Waals surface area contributed by atoms with Gasteiger partial charge < -0.3 is 15.0 Å². The van der Waals surface area contributed by atoms with E-state index in [9.17, 15) is 18.0 Å². The van der Waals surface area contributed by atoms with Gasteiger partial charge in [0.1, 0.15) is 0 Å². The van der Waals surface area contributed by atoms with E-state index < -0.39 is 16.1 Å². The monoisotopic (exact) mass is 437 g/mol. The molecule has 0 aromatic heterocycles. The van der Waals surface area contributed by atoms with Gasteiger partial charge >= 0.3 is 0 Å². The van der Waals surface area contributed by atoms with Crippen molar-refractivity contribution in [3.05, 3.63) is 35.9 Å². The first-order chi connectivity index (χ1) is 14.4. The van der Waals surface area contributed by atoms with Gasteiger partial charge in [0, 0.05) is 51.7 Å². The molecule has 1 aromatic carbocycles. The second kappa shape index (κ2) is 10.4. The summed E-state index contributed by atoms with van der Waals surface area (Å²) in [7, 11) is -3.55. The third-order valence-electron chi connectivity index (χ3n) is 5.73. The van der Waals surface area contributed by atoms with E-state index in [1.807, 2.05) is 30.3 Å². The van der Waals surface area contributed by atoms with Gasteiger partial charge in [-0.15, -0.1) is 0 Å². The third-order valence-corrected chi connectivity index (χ3v) is 7.02. The number of sulfonamides is 1. The van der Waals surface area contributed by atoms with Gasteiger partial charge in [-0.2, -0.15) is 4.31 Å². The Kier molecular flexibility index (Phi) is 7.85. The summed E-state index contributed by atoms with van der Waals surface area (Å²) in [4.78, 5) is 27.3. The number of carbonyl (C=O) groups excluding carboxylic acids is 2. The van der Waals surface area contributed by atoms with Gasteiger partial charge in [-0.3, -0.25) is 9.59 Å². The van der Waals surface area contributed by atoms with Crippen LogP contribution in [-0.2, 0) is 24.3 Å². The van der Waals surface area contributed by atoms with Crippen LogP contribution in [0, 0.1) is 5.92 Å². The highest BCUT2D eigenvalue weighted by atomic mass is 32.2. The maximum absolute atomic E-state index is 13.0. The van der Waals surface area contributed by atoms with Crippen LogP contribution in [0.4, 0.5) is 0 Å². The summed E-state index contributed by atoms with van der Waals surface area (Å²) in [6.07, 6.45) is 3.14. The molecular formula is C21H31N3O5S. The van der Waals surface area contributed by atoms with Crippen molar-refractivity contribution in [3.63, 3.8) is 0 Å². The standard InChI is InChI=1S/C21H31N3O5S/c1-30(27,28)24-12-5-11-23(21(26)18-8-14-29-15-9-18)13-10-22-20(25)16-19(24)17-6-3-2-4-7-17/h2-4,6-7,18-19H,5,8-16H2,1H3,(H,22,25). The molecule has 1 atom stereocenters. The van der Waals surface area contributed by atoms with Gasteiger partial charge in [0.05, 0.1) is 12.3 Å². The Morgan fingerprint density at radius 3 is 2.47 bits per heavy atom. The predicted molar refractivity (Wildman–Crippen MR) is 113 cm³/mol. The number of rotatable bonds is 3. The Labute approximate surface area is 178 Å². The molecule has 0 aliphatic carbocycles. The molecule has 2 aliphatic heterocycles. The number of amides is 2. The second-order valence-corrected chi connectivity index (χ2v) is 9.85. The van der Waals surface area contributed by atoms with Crippen molar-refractivity contribution in [3.8, 4) is 0 Å². The van der Waals surface area contributed by atoms with E-state index in [0.29, 0.717) is 52.1 Å². The van der Waals surface area contributed by atoms with Crippen molar-refractivity contribution in [2.75, 3.05) is 45.6 Å². The van der Waals surface area contributed by atoms with Gasteiger partial charge in [-0.1, -0.05) is 30.3 Å². The van der Waals surface area contributed by atoms with Crippen LogP contribution in [-0.4, -0.2) is 75.1 Å². The molecule has 2 heterocycles. The smallest absolute Gasteiger partial charge is 0.225 e. The highest BCUT2D eigenvalue weighted by Crippen LogP contribution is 2.27. The summed E-state index contributed by atoms with van der Waals surface area (Å²) in [6.45, 7) is 2.66. The molecule has 30 heavy (non-hydrogen) atoms. The van der Waals surface area contributed by atoms with Crippen molar-refractivity contribution >= 4 is 21.8 Å². The maximum Gasteiger partial charge on any atom is 0.225 e. The number of nitrogens with one attached hydrogen (secondary N) is 1. The molecular weight excluding hydrogens is 406 g/mol. The summed E-state index contributed by atoms with van der Waals surface area (Å²) in [5, 5.41) is 2.86. The average Bonchev–Trinajstić information content (AvgIpc) is 2.77. The van der Waals surface area contributed by atoms with E-state index >= 15 is 0 Å². The van der Waals surface area contributed by atoms with Crippen molar-refractivity contribution < 1.29 is 22.7 Å². The zero-order chi connectivity index (χ0) is 21.6. The summed E-state index contributed by atoms with van der Waals surface area (Å²) < 4.78 is 31.9. The zero-order valence-corrected chi connectivity index (χ0v) is 18.3. The van der Waals surface area contributed by atoms with E-state index in [4.69, 9.17) is 4.74 Å². The molecule has 2 amide bonds. The Balaban J connectivity index is 1.80. The molecule has 0 bridgehead atoms. The predicted octanol–water partition coefficient (Wildman–Crippen LogP) is 1.15. The topological polar surface area (TPSA) is 96.0 Å². The quantitative estimate of drug-likeness (QED) is 0.765. The number of ether oxygens (including phenoxy) is 1. The highest BCUT2D eigenvalue weighted by Gasteiger charge is 2.32. The number of hydrogen-bond donors (Lipinski definition) is 1. The molecule has 0 radical (unpaired) electrons. The van der Waals surface area contributed by atoms with Crippen LogP contribution >= 0.6 is 0 Å². The van der Waals surface area contributed by atoms with Gasteiger partial charge in [0.2, 0.25) is 21.8 Å². The van der Waals surface area contributed by atoms with E-state index in [0.717, 1.165) is 5.56 Å². The Morgan fingerprint density at radius 2 is 1.80 bits per heavy atom. The fraction of sp³-hybridized carbons (Fsp3) is 0.619. The molecule has 1 N–H and O–H groups in total. The van der Waals surface area contributed by atoms with Crippen LogP contribution in [0.25, 0.3) is 0 Å². The molecule has 9 heteroatoms. The molecule has 0 saturated carbocycles. The van der Waals surface area contributed by atoms with E-state index in [2.05, 4.69) is 5.32 Å². The SMILES string of the molecule is CS(=O)(=O)N1CCCN(C(=O)C2CCOCC2)CCNC(=O)CC1c1ccccc1. The van der Waals surface area contributed by atoms with Crippen LogP contribution in [0.3, 0.4) is 0 Å². The summed E-state index contributed by atoms with van der Waals surface area (Å²) in [5.74, 6) is -0.224. The lowest BCUT2D eigenvalue weighted by Gasteiger charge is -2.31. The van der Waals surface area contributed by atoms with Crippen LogP contribution < -0.4 is 5.32 Å². The first kappa shape index (κ1) is 22.7. The van der Waals surface area contributed by atoms with Gasteiger partial charge in [-0.25, -0.2) is 8.42 Å². The number of hydrogen-bond acceptors (Lipinski definition) is 5. The molecule has 1 unspecified atom stereocenters. The van der Waals surface area contributed by atoms with E-state index in [-0.39, 0.29) is 30.7 Å². The molecule has 0 spiro atoms. The fourth-order valence-corrected chi connectivity index (χ4v) is 5.26. The number of benzene rings is 1. The lowest BCUT2D eigenvalue weighted by molar-refractivity contribution is -0.138. The van der Waals surface area contributed by atoms with Crippen molar-refractivity contribution in [1.29, 1.82) is 0 Å². The largest absolute Gasteiger partial charge is 0.381 e. The Bertz CT molecular complexity index is 824. The van der Waals surface area contributed by atoms with Gasteiger partial charge in [0.25, 0.3) is 0 Å². The summed E-state index contributed by atoms with van der Waals surface area (Å²) >= 11 is 0. The minimum absolute atomic E-state index is 0.0466. The van der Waals surface area contributed by atoms with Crippen LogP contribution in [0.2, 0.25) is 0 Å². The molecule has 2 aliphatic rings. The normalized spacial score (nSPS) is 23.4. The first-order valence-corrected chi connectivity index (χ1v) is 12.4. The van der Waals surface area contributed by atoms with E-state index in [1.165, 1.54) is 10.6 Å². The lowest BCUT2D eigenvalue weighted by atomic mass is 9.98. The lowest BCUT2D eigenvalue weighted by Crippen LogP contribution is -2.43. The Hall–Kier alpha value is -1.97. The van der Waals surface area contributed by atoms with Crippen LogP contribution in [0.5, 0.6) is 0 Å². The summed E-state index contributed by atoms with van der Waals surface area (Å²) in [6, 6.07) is 8.66. The average molecular weight is 438 g/mol. The third kappa shape index (κ3) is 6.02. The highest BCUT2D eigenvalue weighted by molar-refractivity contribution is 7.88. The minimum Gasteiger partial charge on any atom is -0.381 e. The van der Waals surface area contributed by atoms with Crippen molar-refractivity contribution in [2.45, 2.75) is 31.7 Å². The first-order valence-electron chi connectivity index (χ1n) is 10.5. The van der Waals surface area contributed by atoms with Crippen molar-refractivity contribution in [2.24, 2.45) is 5.92 Å². The second-order valence-electron chi connectivity index (χ2n) is 7.92. The molecule has 8 nitrogen and oxygen atoms in total. The van der Waals surface area contributed by atoms with Crippen LogP contribution in [0.1, 0.15) is 37.3 Å². The fourth-order valence-electron chi connectivity index (χ4n) is 4.14. The summed E-state index contributed by atoms with van der Waals surface area (Å²) in [5.41, 5.74) is 0.785. The van der Waals surface area contributed by atoms with Gasteiger partial charge in [-0.05, 0) is 24.8 Å².